The Kier molecular flexibility index (Phi) is 3.44. The molecule has 0 N–H and O–H groups in total. The lowest BCUT2D eigenvalue weighted by molar-refractivity contribution is -0.383. The molecule has 0 radical (unpaired) electrons. The van der Waals surface area contributed by atoms with Crippen LogP contribution in [0.15, 0.2) is 97.1 Å². The fourth-order valence-electron chi connectivity index (χ4n) is 4.56. The molecule has 5 aromatic carbocycles. The molecular formula is C26H16N2O2. The van der Waals surface area contributed by atoms with Gasteiger partial charge in [0.2, 0.25) is 0 Å². The molecule has 30 heavy (non-hydrogen) atoms. The number of hydrogen-bond donors (Lipinski definition) is 0. The molecular weight excluding hydrogens is 372 g/mol. The molecule has 0 fully saturated rings. The van der Waals surface area contributed by atoms with E-state index in [1.807, 2.05) is 42.5 Å². The van der Waals surface area contributed by atoms with Crippen LogP contribution in [0.3, 0.4) is 0 Å². The van der Waals surface area contributed by atoms with Gasteiger partial charge in [-0.2, -0.15) is 0 Å². The highest BCUT2D eigenvalue weighted by atomic mass is 16.6. The van der Waals surface area contributed by atoms with Gasteiger partial charge in [0.15, 0.2) is 0 Å². The third-order valence-corrected chi connectivity index (χ3v) is 5.84. The van der Waals surface area contributed by atoms with Crippen molar-refractivity contribution in [2.75, 3.05) is 0 Å². The zero-order valence-electron chi connectivity index (χ0n) is 15.9. The van der Waals surface area contributed by atoms with Gasteiger partial charge in [-0.15, -0.1) is 0 Å². The highest BCUT2D eigenvalue weighted by Gasteiger charge is 2.17. The minimum absolute atomic E-state index is 0.139. The van der Waals surface area contributed by atoms with Crippen LogP contribution < -0.4 is 0 Å². The fourth-order valence-corrected chi connectivity index (χ4v) is 4.56. The van der Waals surface area contributed by atoms with E-state index in [-0.39, 0.29) is 10.6 Å². The maximum atomic E-state index is 11.8. The molecule has 0 aliphatic heterocycles. The molecule has 0 aliphatic rings. The number of aromatic nitrogens is 1. The second-order valence-corrected chi connectivity index (χ2v) is 7.48. The molecule has 1 heterocycles. The summed E-state index contributed by atoms with van der Waals surface area (Å²) >= 11 is 0. The number of nitro groups is 1. The summed E-state index contributed by atoms with van der Waals surface area (Å²) in [5.74, 6) is 0. The molecule has 0 spiro atoms. The summed E-state index contributed by atoms with van der Waals surface area (Å²) in [4.78, 5) is 11.5. The summed E-state index contributed by atoms with van der Waals surface area (Å²) in [5, 5.41) is 17.5. The van der Waals surface area contributed by atoms with Gasteiger partial charge >= 0.3 is 0 Å². The van der Waals surface area contributed by atoms with Crippen molar-refractivity contribution in [3.8, 4) is 5.69 Å². The Morgan fingerprint density at radius 2 is 1.40 bits per heavy atom. The summed E-state index contributed by atoms with van der Waals surface area (Å²) in [7, 11) is 0. The summed E-state index contributed by atoms with van der Waals surface area (Å²) in [6.07, 6.45) is 0. The van der Waals surface area contributed by atoms with E-state index in [2.05, 4.69) is 47.0 Å². The van der Waals surface area contributed by atoms with Crippen molar-refractivity contribution in [1.82, 2.24) is 4.57 Å². The molecule has 142 valence electrons. The summed E-state index contributed by atoms with van der Waals surface area (Å²) in [6, 6.07) is 32.1. The van der Waals surface area contributed by atoms with Gasteiger partial charge in [-0.25, -0.2) is 0 Å². The maximum absolute atomic E-state index is 11.8. The quantitative estimate of drug-likeness (QED) is 0.182. The molecule has 0 aliphatic carbocycles. The monoisotopic (exact) mass is 388 g/mol. The molecule has 0 saturated heterocycles. The third-order valence-electron chi connectivity index (χ3n) is 5.84. The number of benzene rings is 5. The normalized spacial score (nSPS) is 11.6. The minimum atomic E-state index is -0.293. The molecule has 0 atom stereocenters. The highest BCUT2D eigenvalue weighted by Crippen LogP contribution is 2.39. The van der Waals surface area contributed by atoms with Crippen LogP contribution in [0.5, 0.6) is 0 Å². The first-order valence-corrected chi connectivity index (χ1v) is 9.81. The number of hydrogen-bond acceptors (Lipinski definition) is 2. The zero-order chi connectivity index (χ0) is 20.2. The Bertz CT molecular complexity index is 1610. The molecule has 0 bridgehead atoms. The van der Waals surface area contributed by atoms with Gasteiger partial charge in [0.1, 0.15) is 0 Å². The Morgan fingerprint density at radius 1 is 0.633 bits per heavy atom. The number of nitro benzene ring substituents is 1. The second-order valence-electron chi connectivity index (χ2n) is 7.48. The molecule has 0 amide bonds. The van der Waals surface area contributed by atoms with Crippen molar-refractivity contribution < 1.29 is 4.92 Å². The van der Waals surface area contributed by atoms with Crippen molar-refractivity contribution in [3.05, 3.63) is 107 Å². The van der Waals surface area contributed by atoms with Gasteiger partial charge in [-0.3, -0.25) is 10.1 Å². The minimum Gasteiger partial charge on any atom is -0.309 e. The van der Waals surface area contributed by atoms with Crippen LogP contribution in [0, 0.1) is 10.1 Å². The molecule has 1 aromatic heterocycles. The Balaban J connectivity index is 1.86. The molecule has 0 unspecified atom stereocenters. The van der Waals surface area contributed by atoms with Crippen molar-refractivity contribution in [1.29, 1.82) is 0 Å². The maximum Gasteiger partial charge on any atom is 0.277 e. The smallest absolute Gasteiger partial charge is 0.277 e. The predicted molar refractivity (Wildman–Crippen MR) is 122 cm³/mol. The van der Waals surface area contributed by atoms with Crippen LogP contribution >= 0.6 is 0 Å². The molecule has 4 nitrogen and oxygen atoms in total. The van der Waals surface area contributed by atoms with E-state index in [1.165, 1.54) is 5.39 Å². The van der Waals surface area contributed by atoms with E-state index in [9.17, 15) is 10.1 Å². The van der Waals surface area contributed by atoms with E-state index in [4.69, 9.17) is 0 Å². The van der Waals surface area contributed by atoms with Crippen LogP contribution in [0.2, 0.25) is 0 Å². The van der Waals surface area contributed by atoms with Gasteiger partial charge < -0.3 is 4.57 Å². The molecule has 0 saturated carbocycles. The van der Waals surface area contributed by atoms with Crippen LogP contribution in [0.25, 0.3) is 49.0 Å². The average Bonchev–Trinajstić information content (AvgIpc) is 3.11. The number of rotatable bonds is 2. The Labute approximate surface area is 171 Å². The SMILES string of the molecule is O=[N+]([O-])c1cccc2ccc3cc4c5ccccc5n(-c5ccccc5)c4cc3c12. The van der Waals surface area contributed by atoms with Crippen molar-refractivity contribution in [2.24, 2.45) is 0 Å². The lowest BCUT2D eigenvalue weighted by atomic mass is 9.98. The number of para-hydroxylation sites is 2. The van der Waals surface area contributed by atoms with Crippen LogP contribution in [0.4, 0.5) is 5.69 Å². The van der Waals surface area contributed by atoms with Crippen molar-refractivity contribution in [2.45, 2.75) is 0 Å². The second kappa shape index (κ2) is 6.16. The van der Waals surface area contributed by atoms with E-state index < -0.39 is 0 Å². The number of nitrogens with zero attached hydrogens (tertiary/aromatic N) is 2. The summed E-state index contributed by atoms with van der Waals surface area (Å²) in [6.45, 7) is 0. The average molecular weight is 388 g/mol. The van der Waals surface area contributed by atoms with E-state index >= 15 is 0 Å². The Hall–Kier alpha value is -4.18. The molecule has 4 heteroatoms. The van der Waals surface area contributed by atoms with Crippen LogP contribution in [-0.4, -0.2) is 9.49 Å². The third kappa shape index (κ3) is 2.28. The first-order valence-electron chi connectivity index (χ1n) is 9.81. The standard InChI is InChI=1S/C26H16N2O2/c29-28(30)24-12-6-7-17-13-14-18-15-22-20-10-4-5-11-23(20)27(19-8-2-1-3-9-19)25(22)16-21(18)26(17)24/h1-16H. The zero-order valence-corrected chi connectivity index (χ0v) is 15.9. The lowest BCUT2D eigenvalue weighted by Crippen LogP contribution is -1.94. The number of non-ortho nitro benzene ring substituents is 1. The van der Waals surface area contributed by atoms with Crippen molar-refractivity contribution >= 4 is 49.0 Å². The number of fused-ring (bicyclic) bond motifs is 6. The predicted octanol–water partition coefficient (Wildman–Crippen LogP) is 7.00. The fraction of sp³-hybridized carbons (Fsp3) is 0. The van der Waals surface area contributed by atoms with Gasteiger partial charge in [-0.05, 0) is 46.5 Å². The van der Waals surface area contributed by atoms with Gasteiger partial charge in [0.05, 0.1) is 21.3 Å². The van der Waals surface area contributed by atoms with E-state index in [0.717, 1.165) is 38.3 Å². The van der Waals surface area contributed by atoms with E-state index in [1.54, 1.807) is 12.1 Å². The Morgan fingerprint density at radius 3 is 2.23 bits per heavy atom. The van der Waals surface area contributed by atoms with Crippen molar-refractivity contribution in [3.63, 3.8) is 0 Å². The summed E-state index contributed by atoms with van der Waals surface area (Å²) in [5.41, 5.74) is 3.37. The molecule has 6 rings (SSSR count). The first kappa shape index (κ1) is 16.7. The van der Waals surface area contributed by atoms with Crippen LogP contribution in [-0.2, 0) is 0 Å². The van der Waals surface area contributed by atoms with Gasteiger partial charge in [0, 0.05) is 22.5 Å². The van der Waals surface area contributed by atoms with Gasteiger partial charge in [-0.1, -0.05) is 60.7 Å². The summed E-state index contributed by atoms with van der Waals surface area (Å²) < 4.78 is 2.23. The highest BCUT2D eigenvalue weighted by molar-refractivity contribution is 6.19. The topological polar surface area (TPSA) is 48.1 Å². The molecule has 6 aromatic rings. The lowest BCUT2D eigenvalue weighted by Gasteiger charge is -2.09. The first-order chi connectivity index (χ1) is 14.7. The van der Waals surface area contributed by atoms with Gasteiger partial charge in [0.25, 0.3) is 5.69 Å². The van der Waals surface area contributed by atoms with E-state index in [0.29, 0.717) is 5.39 Å². The largest absolute Gasteiger partial charge is 0.309 e. The van der Waals surface area contributed by atoms with Crippen LogP contribution in [0.1, 0.15) is 0 Å².